The molecule has 4 N–H and O–H groups in total. The molecule has 0 bridgehead atoms. The SMILES string of the molecule is CCOC(=O)/C(C(N)=O)=C(\O)C(=O)/C=C(\O)c1ccc(Br)cc1. The van der Waals surface area contributed by atoms with Crippen LogP contribution < -0.4 is 5.73 Å². The van der Waals surface area contributed by atoms with E-state index in [-0.39, 0.29) is 6.61 Å². The molecule has 0 unspecified atom stereocenters. The fourth-order valence-electron chi connectivity index (χ4n) is 1.54. The van der Waals surface area contributed by atoms with Gasteiger partial charge in [-0.1, -0.05) is 28.1 Å². The molecular weight excluding hydrogens is 370 g/mol. The maximum atomic E-state index is 11.9. The smallest absolute Gasteiger partial charge is 0.347 e. The second-order valence-corrected chi connectivity index (χ2v) is 5.12. The Morgan fingerprint density at radius 2 is 1.78 bits per heavy atom. The molecule has 1 aromatic carbocycles. The van der Waals surface area contributed by atoms with E-state index in [0.29, 0.717) is 11.6 Å². The van der Waals surface area contributed by atoms with E-state index < -0.39 is 34.8 Å². The number of hydrogen-bond acceptors (Lipinski definition) is 6. The van der Waals surface area contributed by atoms with E-state index in [1.165, 1.54) is 19.1 Å². The summed E-state index contributed by atoms with van der Waals surface area (Å²) in [5, 5.41) is 19.6. The molecule has 0 spiro atoms. The number of hydrogen-bond donors (Lipinski definition) is 3. The van der Waals surface area contributed by atoms with Crippen molar-refractivity contribution in [3.63, 3.8) is 0 Å². The van der Waals surface area contributed by atoms with Gasteiger partial charge in [-0.2, -0.15) is 0 Å². The normalized spacial score (nSPS) is 12.3. The van der Waals surface area contributed by atoms with E-state index in [9.17, 15) is 24.6 Å². The van der Waals surface area contributed by atoms with Crippen molar-refractivity contribution in [3.8, 4) is 0 Å². The van der Waals surface area contributed by atoms with Crippen LogP contribution in [0.2, 0.25) is 0 Å². The molecule has 7 nitrogen and oxygen atoms in total. The molecule has 8 heteroatoms. The Bertz CT molecular complexity index is 690. The van der Waals surface area contributed by atoms with Crippen LogP contribution in [-0.4, -0.2) is 34.5 Å². The number of rotatable bonds is 6. The zero-order chi connectivity index (χ0) is 17.6. The summed E-state index contributed by atoms with van der Waals surface area (Å²) < 4.78 is 5.31. The molecule has 0 heterocycles. The van der Waals surface area contributed by atoms with Crippen molar-refractivity contribution in [2.45, 2.75) is 6.92 Å². The van der Waals surface area contributed by atoms with Crippen LogP contribution in [0.3, 0.4) is 0 Å². The van der Waals surface area contributed by atoms with Gasteiger partial charge in [-0.15, -0.1) is 0 Å². The first-order valence-electron chi connectivity index (χ1n) is 6.39. The molecule has 0 saturated heterocycles. The van der Waals surface area contributed by atoms with Crippen LogP contribution in [0, 0.1) is 0 Å². The zero-order valence-corrected chi connectivity index (χ0v) is 13.7. The molecule has 0 aliphatic heterocycles. The number of ether oxygens (including phenoxy) is 1. The summed E-state index contributed by atoms with van der Waals surface area (Å²) in [6, 6.07) is 6.30. The Balaban J connectivity index is 3.16. The van der Waals surface area contributed by atoms with Crippen molar-refractivity contribution in [2.24, 2.45) is 5.73 Å². The molecular formula is C15H14BrNO6. The van der Waals surface area contributed by atoms with Gasteiger partial charge in [0.1, 0.15) is 5.76 Å². The number of allylic oxidation sites excluding steroid dienone is 1. The summed E-state index contributed by atoms with van der Waals surface area (Å²) in [7, 11) is 0. The van der Waals surface area contributed by atoms with Gasteiger partial charge in [0.05, 0.1) is 6.61 Å². The van der Waals surface area contributed by atoms with Gasteiger partial charge < -0.3 is 20.7 Å². The van der Waals surface area contributed by atoms with E-state index in [4.69, 9.17) is 5.73 Å². The van der Waals surface area contributed by atoms with Crippen LogP contribution >= 0.6 is 15.9 Å². The number of esters is 1. The summed E-state index contributed by atoms with van der Waals surface area (Å²) in [6.45, 7) is 1.41. The molecule has 1 aromatic rings. The van der Waals surface area contributed by atoms with E-state index in [2.05, 4.69) is 20.7 Å². The fraction of sp³-hybridized carbons (Fsp3) is 0.133. The Hall–Kier alpha value is -2.61. The number of ketones is 1. The fourth-order valence-corrected chi connectivity index (χ4v) is 1.80. The predicted molar refractivity (Wildman–Crippen MR) is 85.2 cm³/mol. The number of benzene rings is 1. The quantitative estimate of drug-likeness (QED) is 0.226. The predicted octanol–water partition coefficient (Wildman–Crippen LogP) is 1.78. The largest absolute Gasteiger partial charge is 0.507 e. The number of carbonyl (C=O) groups excluding carboxylic acids is 3. The number of nitrogens with two attached hydrogens (primary N) is 1. The lowest BCUT2D eigenvalue weighted by Crippen LogP contribution is -2.26. The maximum absolute atomic E-state index is 11.9. The van der Waals surface area contributed by atoms with Crippen LogP contribution in [0.4, 0.5) is 0 Å². The molecule has 0 fully saturated rings. The van der Waals surface area contributed by atoms with Crippen molar-refractivity contribution >= 4 is 39.3 Å². The molecule has 1 amide bonds. The van der Waals surface area contributed by atoms with Crippen LogP contribution in [0.15, 0.2) is 46.1 Å². The van der Waals surface area contributed by atoms with Crippen molar-refractivity contribution < 1.29 is 29.3 Å². The molecule has 23 heavy (non-hydrogen) atoms. The van der Waals surface area contributed by atoms with Gasteiger partial charge in [-0.3, -0.25) is 9.59 Å². The van der Waals surface area contributed by atoms with E-state index >= 15 is 0 Å². The van der Waals surface area contributed by atoms with Crippen molar-refractivity contribution in [2.75, 3.05) is 6.61 Å². The first kappa shape index (κ1) is 18.4. The van der Waals surface area contributed by atoms with Crippen molar-refractivity contribution in [1.29, 1.82) is 0 Å². The summed E-state index contributed by atoms with van der Waals surface area (Å²) in [5.74, 6) is -5.35. The molecule has 0 saturated carbocycles. The van der Waals surface area contributed by atoms with Gasteiger partial charge in [0.2, 0.25) is 5.78 Å². The highest BCUT2D eigenvalue weighted by atomic mass is 79.9. The standard InChI is InChI=1S/C15H14BrNO6/c1-2-23-15(22)12(14(17)21)13(20)11(19)7-10(18)8-3-5-9(16)6-4-8/h3-7,18,20H,2H2,1H3,(H2,17,21)/b10-7-,13-12-. The highest BCUT2D eigenvalue weighted by Crippen LogP contribution is 2.17. The third kappa shape index (κ3) is 4.96. The molecule has 0 radical (unpaired) electrons. The van der Waals surface area contributed by atoms with Crippen LogP contribution in [0.5, 0.6) is 0 Å². The van der Waals surface area contributed by atoms with Crippen LogP contribution in [0.1, 0.15) is 12.5 Å². The lowest BCUT2D eigenvalue weighted by atomic mass is 10.1. The van der Waals surface area contributed by atoms with Crippen molar-refractivity contribution in [3.05, 3.63) is 51.7 Å². The number of aliphatic hydroxyl groups excluding tert-OH is 2. The monoisotopic (exact) mass is 383 g/mol. The Labute approximate surface area is 140 Å². The third-order valence-corrected chi connectivity index (χ3v) is 3.13. The van der Waals surface area contributed by atoms with Gasteiger partial charge in [0, 0.05) is 16.1 Å². The van der Waals surface area contributed by atoms with Gasteiger partial charge in [0.15, 0.2) is 11.3 Å². The van der Waals surface area contributed by atoms with Crippen LogP contribution in [0.25, 0.3) is 5.76 Å². The number of amides is 1. The third-order valence-electron chi connectivity index (χ3n) is 2.60. The molecule has 0 aromatic heterocycles. The molecule has 0 atom stereocenters. The van der Waals surface area contributed by atoms with E-state index in [0.717, 1.165) is 4.47 Å². The van der Waals surface area contributed by atoms with E-state index in [1.54, 1.807) is 12.1 Å². The topological polar surface area (TPSA) is 127 Å². The number of aliphatic hydroxyl groups is 2. The molecule has 1 rings (SSSR count). The zero-order valence-electron chi connectivity index (χ0n) is 12.1. The van der Waals surface area contributed by atoms with Gasteiger partial charge in [-0.05, 0) is 19.1 Å². The Morgan fingerprint density at radius 3 is 2.26 bits per heavy atom. The minimum absolute atomic E-state index is 0.0724. The summed E-state index contributed by atoms with van der Waals surface area (Å²) in [6.07, 6.45) is 0.667. The molecule has 122 valence electrons. The highest BCUT2D eigenvalue weighted by Gasteiger charge is 2.26. The lowest BCUT2D eigenvalue weighted by molar-refractivity contribution is -0.140. The summed E-state index contributed by atoms with van der Waals surface area (Å²) in [4.78, 5) is 34.6. The second kappa shape index (κ2) is 8.14. The first-order chi connectivity index (χ1) is 10.8. The highest BCUT2D eigenvalue weighted by molar-refractivity contribution is 9.10. The maximum Gasteiger partial charge on any atom is 0.347 e. The van der Waals surface area contributed by atoms with E-state index in [1.807, 2.05) is 0 Å². The second-order valence-electron chi connectivity index (χ2n) is 4.21. The van der Waals surface area contributed by atoms with Gasteiger partial charge in [-0.25, -0.2) is 4.79 Å². The lowest BCUT2D eigenvalue weighted by Gasteiger charge is -2.05. The first-order valence-corrected chi connectivity index (χ1v) is 7.18. The van der Waals surface area contributed by atoms with Gasteiger partial charge in [0.25, 0.3) is 5.91 Å². The average Bonchev–Trinajstić information content (AvgIpc) is 2.47. The Kier molecular flexibility index (Phi) is 6.52. The average molecular weight is 384 g/mol. The van der Waals surface area contributed by atoms with Crippen molar-refractivity contribution in [1.82, 2.24) is 0 Å². The van der Waals surface area contributed by atoms with Gasteiger partial charge >= 0.3 is 5.97 Å². The number of carbonyl (C=O) groups is 3. The summed E-state index contributed by atoms with van der Waals surface area (Å²) in [5.41, 5.74) is 4.29. The summed E-state index contributed by atoms with van der Waals surface area (Å²) >= 11 is 3.22. The number of primary amides is 1. The minimum Gasteiger partial charge on any atom is -0.507 e. The number of halogens is 1. The molecule has 0 aliphatic carbocycles. The molecule has 0 aliphatic rings. The minimum atomic E-state index is -1.31. The van der Waals surface area contributed by atoms with Crippen LogP contribution in [-0.2, 0) is 19.1 Å². The Morgan fingerprint density at radius 1 is 1.22 bits per heavy atom.